The quantitative estimate of drug-likeness (QED) is 0.407. The Bertz CT molecular complexity index is 729. The third kappa shape index (κ3) is 3.77. The molecule has 2 aromatic carbocycles. The molecular formula is C16H15ClN2O3. The van der Waals surface area contributed by atoms with Gasteiger partial charge in [-0.3, -0.25) is 0 Å². The van der Waals surface area contributed by atoms with E-state index < -0.39 is 5.97 Å². The second-order valence-corrected chi connectivity index (χ2v) is 5.01. The molecule has 0 bridgehead atoms. The maximum absolute atomic E-state index is 11.9. The van der Waals surface area contributed by atoms with Crippen molar-refractivity contribution in [3.8, 4) is 5.75 Å². The molecule has 0 heterocycles. The number of ether oxygens (including phenoxy) is 1. The summed E-state index contributed by atoms with van der Waals surface area (Å²) < 4.78 is 5.17. The topological polar surface area (TPSA) is 73.9 Å². The van der Waals surface area contributed by atoms with E-state index in [4.69, 9.17) is 26.9 Å². The minimum atomic E-state index is -0.590. The van der Waals surface area contributed by atoms with E-state index in [0.717, 1.165) is 5.56 Å². The number of methoxy groups -OCH3 is 1. The average Bonchev–Trinajstić information content (AvgIpc) is 2.52. The van der Waals surface area contributed by atoms with Crippen molar-refractivity contribution in [2.45, 2.75) is 6.92 Å². The number of oxime groups is 1. The third-order valence-electron chi connectivity index (χ3n) is 2.92. The first-order valence-corrected chi connectivity index (χ1v) is 6.84. The molecule has 6 heteroatoms. The van der Waals surface area contributed by atoms with Crippen LogP contribution in [-0.2, 0) is 4.84 Å². The molecule has 0 fully saturated rings. The Labute approximate surface area is 133 Å². The van der Waals surface area contributed by atoms with Gasteiger partial charge in [0.25, 0.3) is 0 Å². The van der Waals surface area contributed by atoms with E-state index >= 15 is 0 Å². The summed E-state index contributed by atoms with van der Waals surface area (Å²) in [6.45, 7) is 1.88. The lowest BCUT2D eigenvalue weighted by molar-refractivity contribution is 0.0516. The van der Waals surface area contributed by atoms with Crippen LogP contribution in [-0.4, -0.2) is 18.9 Å². The van der Waals surface area contributed by atoms with Gasteiger partial charge in [-0.1, -0.05) is 34.5 Å². The fourth-order valence-electron chi connectivity index (χ4n) is 1.84. The van der Waals surface area contributed by atoms with E-state index in [2.05, 4.69) is 5.16 Å². The first-order chi connectivity index (χ1) is 10.5. The van der Waals surface area contributed by atoms with Crippen molar-refractivity contribution >= 4 is 23.4 Å². The predicted octanol–water partition coefficient (Wildman–Crippen LogP) is 3.13. The van der Waals surface area contributed by atoms with Gasteiger partial charge >= 0.3 is 5.97 Å². The van der Waals surface area contributed by atoms with Crippen molar-refractivity contribution in [2.24, 2.45) is 10.9 Å². The zero-order valence-corrected chi connectivity index (χ0v) is 12.9. The Kier molecular flexibility index (Phi) is 5.01. The molecule has 0 unspecified atom stereocenters. The maximum atomic E-state index is 11.9. The number of halogens is 1. The van der Waals surface area contributed by atoms with Crippen LogP contribution in [0.15, 0.2) is 47.6 Å². The number of amidine groups is 1. The zero-order chi connectivity index (χ0) is 16.1. The van der Waals surface area contributed by atoms with Gasteiger partial charge in [-0.25, -0.2) is 4.79 Å². The number of hydrogen-bond acceptors (Lipinski definition) is 4. The molecule has 2 aromatic rings. The van der Waals surface area contributed by atoms with Crippen molar-refractivity contribution < 1.29 is 14.4 Å². The van der Waals surface area contributed by atoms with Gasteiger partial charge in [-0.15, -0.1) is 0 Å². The fraction of sp³-hybridized carbons (Fsp3) is 0.125. The van der Waals surface area contributed by atoms with Gasteiger partial charge in [0.1, 0.15) is 5.75 Å². The highest BCUT2D eigenvalue weighted by Crippen LogP contribution is 2.22. The number of nitrogens with zero attached hydrogens (tertiary/aromatic N) is 1. The molecule has 0 aliphatic rings. The molecule has 5 nitrogen and oxygen atoms in total. The molecule has 2 rings (SSSR count). The minimum Gasteiger partial charge on any atom is -0.496 e. The minimum absolute atomic E-state index is 0.000327. The van der Waals surface area contributed by atoms with Gasteiger partial charge in [0.15, 0.2) is 5.84 Å². The summed E-state index contributed by atoms with van der Waals surface area (Å²) >= 11 is 5.92. The van der Waals surface area contributed by atoms with E-state index in [9.17, 15) is 4.79 Å². The second-order valence-electron chi connectivity index (χ2n) is 4.57. The first kappa shape index (κ1) is 15.9. The van der Waals surface area contributed by atoms with Crippen LogP contribution in [0.1, 0.15) is 21.5 Å². The zero-order valence-electron chi connectivity index (χ0n) is 12.2. The largest absolute Gasteiger partial charge is 0.496 e. The van der Waals surface area contributed by atoms with Crippen molar-refractivity contribution in [2.75, 3.05) is 7.11 Å². The Balaban J connectivity index is 2.19. The molecule has 0 saturated heterocycles. The summed E-state index contributed by atoms with van der Waals surface area (Å²) in [7, 11) is 1.50. The Morgan fingerprint density at radius 3 is 2.68 bits per heavy atom. The number of rotatable bonds is 4. The van der Waals surface area contributed by atoms with Crippen LogP contribution in [0.3, 0.4) is 0 Å². The molecule has 0 radical (unpaired) electrons. The summed E-state index contributed by atoms with van der Waals surface area (Å²) in [6, 6.07) is 11.9. The van der Waals surface area contributed by atoms with Crippen LogP contribution in [0.2, 0.25) is 5.02 Å². The highest BCUT2D eigenvalue weighted by Gasteiger charge is 2.11. The van der Waals surface area contributed by atoms with Gasteiger partial charge in [0.2, 0.25) is 0 Å². The molecule has 114 valence electrons. The van der Waals surface area contributed by atoms with E-state index in [-0.39, 0.29) is 5.84 Å². The molecule has 0 aliphatic carbocycles. The lowest BCUT2D eigenvalue weighted by Gasteiger charge is -2.08. The summed E-state index contributed by atoms with van der Waals surface area (Å²) in [5.41, 5.74) is 7.63. The number of aryl methyl sites for hydroxylation is 1. The van der Waals surface area contributed by atoms with Crippen LogP contribution >= 0.6 is 11.6 Å². The van der Waals surface area contributed by atoms with E-state index in [1.807, 2.05) is 13.0 Å². The van der Waals surface area contributed by atoms with E-state index in [0.29, 0.717) is 21.9 Å². The summed E-state index contributed by atoms with van der Waals surface area (Å²) in [5, 5.41) is 4.13. The smallest absolute Gasteiger partial charge is 0.365 e. The third-order valence-corrected chi connectivity index (χ3v) is 3.15. The van der Waals surface area contributed by atoms with Gasteiger partial charge in [-0.2, -0.15) is 0 Å². The number of benzene rings is 2. The average molecular weight is 319 g/mol. The molecule has 0 atom stereocenters. The Morgan fingerprint density at radius 1 is 1.23 bits per heavy atom. The number of nitrogens with two attached hydrogens (primary N) is 1. The van der Waals surface area contributed by atoms with Crippen molar-refractivity contribution in [1.29, 1.82) is 0 Å². The molecule has 0 amide bonds. The number of hydrogen-bond donors (Lipinski definition) is 1. The van der Waals surface area contributed by atoms with Gasteiger partial charge < -0.3 is 15.3 Å². The van der Waals surface area contributed by atoms with Crippen molar-refractivity contribution in [3.63, 3.8) is 0 Å². The highest BCUT2D eigenvalue weighted by atomic mass is 35.5. The van der Waals surface area contributed by atoms with Gasteiger partial charge in [-0.05, 0) is 37.3 Å². The normalized spacial score (nSPS) is 11.1. The van der Waals surface area contributed by atoms with Gasteiger partial charge in [0, 0.05) is 5.02 Å². The molecule has 0 aliphatic heterocycles. The van der Waals surface area contributed by atoms with Crippen molar-refractivity contribution in [1.82, 2.24) is 0 Å². The Morgan fingerprint density at radius 2 is 2.00 bits per heavy atom. The second kappa shape index (κ2) is 6.95. The molecule has 2 N–H and O–H groups in total. The monoisotopic (exact) mass is 318 g/mol. The van der Waals surface area contributed by atoms with Crippen LogP contribution in [0, 0.1) is 6.92 Å². The molecular weight excluding hydrogens is 304 g/mol. The molecule has 0 saturated carbocycles. The van der Waals surface area contributed by atoms with Crippen LogP contribution in [0.4, 0.5) is 0 Å². The van der Waals surface area contributed by atoms with Crippen molar-refractivity contribution in [3.05, 3.63) is 64.2 Å². The lowest BCUT2D eigenvalue weighted by Crippen LogP contribution is -2.16. The summed E-state index contributed by atoms with van der Waals surface area (Å²) in [5.74, 6) is -0.106. The van der Waals surface area contributed by atoms with Crippen LogP contribution < -0.4 is 10.5 Å². The summed E-state index contributed by atoms with van der Waals surface area (Å²) in [4.78, 5) is 16.8. The van der Waals surface area contributed by atoms with Crippen LogP contribution in [0.25, 0.3) is 0 Å². The van der Waals surface area contributed by atoms with Gasteiger partial charge in [0.05, 0.1) is 18.2 Å². The standard InChI is InChI=1S/C16H15ClN2O3/c1-10-4-3-5-11(8-10)16(20)22-19-15(18)13-9-12(17)6-7-14(13)21-2/h3-9H,1-2H3,(H2,18,19). The SMILES string of the molecule is COc1ccc(Cl)cc1/C(N)=N/OC(=O)c1cccc(C)c1. The number of carbonyl (C=O) groups is 1. The van der Waals surface area contributed by atoms with E-state index in [1.165, 1.54) is 7.11 Å². The van der Waals surface area contributed by atoms with E-state index in [1.54, 1.807) is 36.4 Å². The van der Waals surface area contributed by atoms with Crippen LogP contribution in [0.5, 0.6) is 5.75 Å². The maximum Gasteiger partial charge on any atom is 0.365 e. The Hall–Kier alpha value is -2.53. The molecule has 22 heavy (non-hydrogen) atoms. The predicted molar refractivity (Wildman–Crippen MR) is 85.3 cm³/mol. The first-order valence-electron chi connectivity index (χ1n) is 6.46. The number of carbonyl (C=O) groups excluding carboxylic acids is 1. The lowest BCUT2D eigenvalue weighted by atomic mass is 10.1. The highest BCUT2D eigenvalue weighted by molar-refractivity contribution is 6.31. The molecule has 0 spiro atoms. The molecule has 0 aromatic heterocycles. The fourth-order valence-corrected chi connectivity index (χ4v) is 2.02. The summed E-state index contributed by atoms with van der Waals surface area (Å²) in [6.07, 6.45) is 0.